The van der Waals surface area contributed by atoms with Crippen LogP contribution in [0.5, 0.6) is 0 Å². The van der Waals surface area contributed by atoms with Gasteiger partial charge in [0.15, 0.2) is 11.9 Å². The summed E-state index contributed by atoms with van der Waals surface area (Å²) in [5.41, 5.74) is 1.18. The van der Waals surface area contributed by atoms with Gasteiger partial charge >= 0.3 is 5.97 Å². The average molecular weight is 288 g/mol. The first-order valence-electron chi connectivity index (χ1n) is 6.07. The van der Waals surface area contributed by atoms with Crippen LogP contribution in [0.1, 0.15) is 18.5 Å². The van der Waals surface area contributed by atoms with Crippen molar-refractivity contribution < 1.29 is 9.90 Å². The average Bonchev–Trinajstić information content (AvgIpc) is 3.03. The zero-order valence-electron chi connectivity index (χ0n) is 10.9. The molecule has 0 saturated heterocycles. The smallest absolute Gasteiger partial charge is 0.328 e. The van der Waals surface area contributed by atoms with Crippen molar-refractivity contribution in [2.75, 3.05) is 0 Å². The molecule has 1 aromatic carbocycles. The van der Waals surface area contributed by atoms with E-state index in [4.69, 9.17) is 5.11 Å². The lowest BCUT2D eigenvalue weighted by atomic mass is 10.1. The Bertz CT molecular complexity index is 793. The van der Waals surface area contributed by atoms with Crippen molar-refractivity contribution in [3.8, 4) is 10.7 Å². The molecule has 3 aromatic rings. The Labute approximate surface area is 118 Å². The van der Waals surface area contributed by atoms with Crippen LogP contribution < -0.4 is 0 Å². The Morgan fingerprint density at radius 1 is 1.40 bits per heavy atom. The molecule has 0 aliphatic carbocycles. The van der Waals surface area contributed by atoms with Crippen LogP contribution in [0.15, 0.2) is 23.6 Å². The van der Waals surface area contributed by atoms with Gasteiger partial charge in [-0.2, -0.15) is 0 Å². The topological polar surface area (TPSA) is 80.9 Å². The molecule has 0 fully saturated rings. The van der Waals surface area contributed by atoms with Crippen molar-refractivity contribution in [2.24, 2.45) is 0 Å². The third kappa shape index (κ3) is 1.87. The number of fused-ring (bicyclic) bond motifs is 1. The van der Waals surface area contributed by atoms with E-state index < -0.39 is 12.0 Å². The van der Waals surface area contributed by atoms with Gasteiger partial charge in [0, 0.05) is 5.39 Å². The van der Waals surface area contributed by atoms with E-state index >= 15 is 0 Å². The lowest BCUT2D eigenvalue weighted by Crippen LogP contribution is -2.17. The molecule has 0 amide bonds. The summed E-state index contributed by atoms with van der Waals surface area (Å²) < 4.78 is 1.34. The minimum absolute atomic E-state index is 0.491. The molecular weight excluding hydrogens is 276 g/mol. The standard InChI is InChI=1S/C13H12N4O2S/c1-7-4-3-5-9-10(7)6-20-11(9)12-14-15-16-17(12)8(2)13(18)19/h3-6,8H,1-2H3,(H,18,19). The van der Waals surface area contributed by atoms with E-state index in [9.17, 15) is 4.79 Å². The highest BCUT2D eigenvalue weighted by Crippen LogP contribution is 2.35. The number of hydrogen-bond acceptors (Lipinski definition) is 5. The second-order valence-electron chi connectivity index (χ2n) is 4.56. The second kappa shape index (κ2) is 4.68. The monoisotopic (exact) mass is 288 g/mol. The van der Waals surface area contributed by atoms with E-state index in [0.717, 1.165) is 15.6 Å². The van der Waals surface area contributed by atoms with E-state index in [2.05, 4.69) is 15.5 Å². The quantitative estimate of drug-likeness (QED) is 0.801. The predicted molar refractivity (Wildman–Crippen MR) is 75.7 cm³/mol. The van der Waals surface area contributed by atoms with Crippen LogP contribution >= 0.6 is 11.3 Å². The molecule has 102 valence electrons. The van der Waals surface area contributed by atoms with E-state index in [1.54, 1.807) is 6.92 Å². The van der Waals surface area contributed by atoms with E-state index in [1.807, 2.05) is 30.5 Å². The third-order valence-electron chi connectivity index (χ3n) is 3.28. The zero-order chi connectivity index (χ0) is 14.3. The van der Waals surface area contributed by atoms with Gasteiger partial charge in [0.25, 0.3) is 0 Å². The molecule has 0 radical (unpaired) electrons. The van der Waals surface area contributed by atoms with Crippen LogP contribution in [0.4, 0.5) is 0 Å². The summed E-state index contributed by atoms with van der Waals surface area (Å²) in [7, 11) is 0. The molecule has 0 bridgehead atoms. The fourth-order valence-electron chi connectivity index (χ4n) is 2.10. The van der Waals surface area contributed by atoms with Crippen LogP contribution in [0.3, 0.4) is 0 Å². The summed E-state index contributed by atoms with van der Waals surface area (Å²) in [5, 5.41) is 24.8. The molecule has 0 spiro atoms. The third-order valence-corrected chi connectivity index (χ3v) is 4.28. The fourth-order valence-corrected chi connectivity index (χ4v) is 3.19. The first-order chi connectivity index (χ1) is 9.59. The number of aryl methyl sites for hydroxylation is 1. The normalized spacial score (nSPS) is 12.7. The highest BCUT2D eigenvalue weighted by molar-refractivity contribution is 7.15. The Morgan fingerprint density at radius 2 is 2.20 bits per heavy atom. The number of aliphatic carboxylic acids is 1. The summed E-state index contributed by atoms with van der Waals surface area (Å²) in [6, 6.07) is 5.21. The van der Waals surface area contributed by atoms with Crippen molar-refractivity contribution >= 4 is 28.1 Å². The molecule has 20 heavy (non-hydrogen) atoms. The van der Waals surface area contributed by atoms with E-state index in [-0.39, 0.29) is 0 Å². The maximum absolute atomic E-state index is 11.1. The molecule has 0 aliphatic rings. The van der Waals surface area contributed by atoms with Crippen LogP contribution in [-0.4, -0.2) is 31.3 Å². The number of thiophene rings is 1. The molecular formula is C13H12N4O2S. The fraction of sp³-hybridized carbons (Fsp3) is 0.231. The number of carbonyl (C=O) groups is 1. The molecule has 2 aromatic heterocycles. The number of carboxylic acids is 1. The van der Waals surface area contributed by atoms with Gasteiger partial charge in [-0.25, -0.2) is 9.48 Å². The number of rotatable bonds is 3. The SMILES string of the molecule is Cc1cccc2c(-c3nnnn3C(C)C(=O)O)scc12. The first kappa shape index (κ1) is 12.7. The maximum atomic E-state index is 11.1. The summed E-state index contributed by atoms with van der Waals surface area (Å²) in [5.74, 6) is -0.471. The summed E-state index contributed by atoms with van der Waals surface area (Å²) in [6.07, 6.45) is 0. The van der Waals surface area contributed by atoms with Crippen molar-refractivity contribution in [3.63, 3.8) is 0 Å². The molecule has 1 N–H and O–H groups in total. The molecule has 2 heterocycles. The van der Waals surface area contributed by atoms with Crippen molar-refractivity contribution in [2.45, 2.75) is 19.9 Å². The van der Waals surface area contributed by atoms with Gasteiger partial charge in [-0.15, -0.1) is 16.4 Å². The Morgan fingerprint density at radius 3 is 2.95 bits per heavy atom. The first-order valence-corrected chi connectivity index (χ1v) is 6.95. The van der Waals surface area contributed by atoms with Crippen molar-refractivity contribution in [1.82, 2.24) is 20.2 Å². The highest BCUT2D eigenvalue weighted by Gasteiger charge is 2.22. The molecule has 0 saturated carbocycles. The number of nitrogens with zero attached hydrogens (tertiary/aromatic N) is 4. The van der Waals surface area contributed by atoms with Gasteiger partial charge in [-0.1, -0.05) is 18.2 Å². The lowest BCUT2D eigenvalue weighted by Gasteiger charge is -2.07. The van der Waals surface area contributed by atoms with Crippen molar-refractivity contribution in [1.29, 1.82) is 0 Å². The number of tetrazole rings is 1. The maximum Gasteiger partial charge on any atom is 0.328 e. The van der Waals surface area contributed by atoms with Crippen LogP contribution in [0, 0.1) is 6.92 Å². The van der Waals surface area contributed by atoms with Gasteiger partial charge in [0.1, 0.15) is 0 Å². The molecule has 1 unspecified atom stereocenters. The van der Waals surface area contributed by atoms with Gasteiger partial charge in [0.2, 0.25) is 0 Å². The summed E-state index contributed by atoms with van der Waals surface area (Å²) in [4.78, 5) is 12.0. The Hall–Kier alpha value is -2.28. The van der Waals surface area contributed by atoms with Gasteiger partial charge < -0.3 is 5.11 Å². The van der Waals surface area contributed by atoms with E-state index in [1.165, 1.54) is 21.6 Å². The second-order valence-corrected chi connectivity index (χ2v) is 5.44. The minimum atomic E-state index is -0.962. The van der Waals surface area contributed by atoms with Crippen LogP contribution in [-0.2, 0) is 4.79 Å². The summed E-state index contributed by atoms with van der Waals surface area (Å²) in [6.45, 7) is 3.60. The van der Waals surface area contributed by atoms with Crippen molar-refractivity contribution in [3.05, 3.63) is 29.1 Å². The Kier molecular flexibility index (Phi) is 2.98. The number of hydrogen-bond donors (Lipinski definition) is 1. The highest BCUT2D eigenvalue weighted by atomic mass is 32.1. The number of carboxylic acid groups (broad SMARTS) is 1. The molecule has 0 aliphatic heterocycles. The van der Waals surface area contributed by atoms with Crippen LogP contribution in [0.2, 0.25) is 0 Å². The largest absolute Gasteiger partial charge is 0.480 e. The Balaban J connectivity index is 2.20. The minimum Gasteiger partial charge on any atom is -0.480 e. The zero-order valence-corrected chi connectivity index (χ0v) is 11.8. The van der Waals surface area contributed by atoms with Gasteiger partial charge in [-0.05, 0) is 40.6 Å². The lowest BCUT2D eigenvalue weighted by molar-refractivity contribution is -0.140. The molecule has 6 nitrogen and oxygen atoms in total. The van der Waals surface area contributed by atoms with E-state index in [0.29, 0.717) is 5.82 Å². The molecule has 1 atom stereocenters. The molecule has 3 rings (SSSR count). The number of aromatic nitrogens is 4. The van der Waals surface area contributed by atoms with Gasteiger partial charge in [-0.3, -0.25) is 0 Å². The summed E-state index contributed by atoms with van der Waals surface area (Å²) >= 11 is 1.52. The predicted octanol–water partition coefficient (Wildman–Crippen LogP) is 2.51. The molecule has 7 heteroatoms. The number of benzene rings is 1. The van der Waals surface area contributed by atoms with Crippen LogP contribution in [0.25, 0.3) is 21.5 Å². The van der Waals surface area contributed by atoms with Gasteiger partial charge in [0.05, 0.1) is 4.88 Å².